The number of hydrogen-bond acceptors (Lipinski definition) is 3. The fraction of sp³-hybridized carbons (Fsp3) is 0. The van der Waals surface area contributed by atoms with E-state index < -0.39 is 5.09 Å². The van der Waals surface area contributed by atoms with Gasteiger partial charge in [0.1, 0.15) is 0 Å². The molecule has 6 heavy (non-hydrogen) atoms. The molecule has 0 amide bonds. The van der Waals surface area contributed by atoms with Crippen LogP contribution in [0.25, 0.3) is 0 Å². The van der Waals surface area contributed by atoms with Gasteiger partial charge in [0.15, 0.2) is 0 Å². The van der Waals surface area contributed by atoms with Crippen LogP contribution in [0.5, 0.6) is 0 Å². The van der Waals surface area contributed by atoms with Crippen molar-refractivity contribution >= 4 is 0 Å². The van der Waals surface area contributed by atoms with Crippen molar-refractivity contribution < 1.29 is 39.8 Å². The van der Waals surface area contributed by atoms with Gasteiger partial charge in [-0.15, -0.1) is 0 Å². The van der Waals surface area contributed by atoms with Gasteiger partial charge in [-0.2, -0.15) is 0 Å². The van der Waals surface area contributed by atoms with Crippen molar-refractivity contribution in [3.63, 3.8) is 0 Å². The van der Waals surface area contributed by atoms with Gasteiger partial charge >= 0.3 is 34.7 Å². The largest absolute Gasteiger partial charge is 2.00 e. The second kappa shape index (κ2) is 8.98. The molecule has 0 aromatic carbocycles. The summed E-state index contributed by atoms with van der Waals surface area (Å²) in [7, 11) is 0. The maximum Gasteiger partial charge on any atom is 2.00 e. The van der Waals surface area contributed by atoms with Crippen molar-refractivity contribution in [1.82, 2.24) is 0 Å². The zero-order valence-corrected chi connectivity index (χ0v) is 5.04. The maximum absolute atomic E-state index is 8.25. The van der Waals surface area contributed by atoms with E-state index in [1.165, 1.54) is 0 Å². The molecule has 0 aliphatic carbocycles. The molecule has 0 N–H and O–H groups in total. The first-order valence-corrected chi connectivity index (χ1v) is 0.548. The van der Waals surface area contributed by atoms with E-state index in [0.29, 0.717) is 0 Å². The molecule has 0 radical (unpaired) electrons. The van der Waals surface area contributed by atoms with E-state index in [2.05, 4.69) is 0 Å². The molecule has 0 aliphatic heterocycles. The van der Waals surface area contributed by atoms with Gasteiger partial charge in [0.2, 0.25) is 0 Å². The quantitative estimate of drug-likeness (QED) is 0.368. The standard InChI is InChI=1S/2Cr.NO3/c;;2-1(3)4/q2*+2;-1. The predicted molar refractivity (Wildman–Crippen MR) is 10.4 cm³/mol. The van der Waals surface area contributed by atoms with Crippen LogP contribution in [0.4, 0.5) is 0 Å². The number of nitrogens with zero attached hydrogens (tertiary/aromatic N) is 1. The monoisotopic (exact) mass is 166 g/mol. The van der Waals surface area contributed by atoms with Crippen LogP contribution in [-0.4, -0.2) is 5.09 Å². The minimum atomic E-state index is -1.75. The molecule has 0 bridgehead atoms. The molecule has 0 heterocycles. The summed E-state index contributed by atoms with van der Waals surface area (Å²) < 4.78 is 0. The average molecular weight is 166 g/mol. The van der Waals surface area contributed by atoms with E-state index in [-0.39, 0.29) is 34.7 Å². The van der Waals surface area contributed by atoms with Gasteiger partial charge in [0, 0.05) is 0 Å². The summed E-state index contributed by atoms with van der Waals surface area (Å²) in [5, 5.41) is 14.8. The first kappa shape index (κ1) is 16.3. The van der Waals surface area contributed by atoms with Gasteiger partial charge in [-0.3, -0.25) is 0 Å². The third kappa shape index (κ3) is 648. The summed E-state index contributed by atoms with van der Waals surface area (Å²) in [6, 6.07) is 0. The molecule has 0 aromatic rings. The smallest absolute Gasteiger partial charge is 0.356 e. The number of rotatable bonds is 0. The Kier molecular flexibility index (Phi) is 24.4. The SMILES string of the molecule is O=[N+]([O-])[O-].[Cr+2].[Cr+2]. The second-order valence-electron chi connectivity index (χ2n) is 0.224. The Bertz CT molecular complexity index is 31.8. The van der Waals surface area contributed by atoms with Crippen molar-refractivity contribution in [2.75, 3.05) is 0 Å². The van der Waals surface area contributed by atoms with Crippen LogP contribution in [-0.2, 0) is 34.7 Å². The van der Waals surface area contributed by atoms with Crippen LogP contribution in [0.1, 0.15) is 0 Å². The Morgan fingerprint density at radius 1 is 1.17 bits per heavy atom. The van der Waals surface area contributed by atoms with Crippen LogP contribution < -0.4 is 0 Å². The van der Waals surface area contributed by atoms with Gasteiger partial charge in [-0.1, -0.05) is 0 Å². The summed E-state index contributed by atoms with van der Waals surface area (Å²) in [5.74, 6) is 0. The van der Waals surface area contributed by atoms with Crippen LogP contribution in [0.2, 0.25) is 0 Å². The van der Waals surface area contributed by atoms with Crippen molar-refractivity contribution in [3.05, 3.63) is 15.3 Å². The molecule has 6 heteroatoms. The Morgan fingerprint density at radius 2 is 1.17 bits per heavy atom. The van der Waals surface area contributed by atoms with E-state index in [1.54, 1.807) is 0 Å². The van der Waals surface area contributed by atoms with E-state index in [4.69, 9.17) is 15.3 Å². The third-order valence-corrected chi connectivity index (χ3v) is 0. The Morgan fingerprint density at radius 3 is 1.17 bits per heavy atom. The molecule has 0 aliphatic rings. The molecule has 0 saturated carbocycles. The zero-order valence-electron chi connectivity index (χ0n) is 2.49. The summed E-state index contributed by atoms with van der Waals surface area (Å²) in [6.07, 6.45) is 0. The minimum Gasteiger partial charge on any atom is -0.356 e. The van der Waals surface area contributed by atoms with Crippen LogP contribution in [0, 0.1) is 15.3 Å². The molecule has 0 spiro atoms. The zero-order chi connectivity index (χ0) is 3.58. The van der Waals surface area contributed by atoms with Crippen LogP contribution >= 0.6 is 0 Å². The van der Waals surface area contributed by atoms with Crippen molar-refractivity contribution in [2.45, 2.75) is 0 Å². The Hall–Kier alpha value is 0.265. The fourth-order valence-corrected chi connectivity index (χ4v) is 0. The van der Waals surface area contributed by atoms with Crippen molar-refractivity contribution in [1.29, 1.82) is 0 Å². The van der Waals surface area contributed by atoms with Gasteiger partial charge < -0.3 is 15.3 Å². The third-order valence-electron chi connectivity index (χ3n) is 0. The molecule has 0 saturated heterocycles. The number of hydrogen-bond donors (Lipinski definition) is 0. The predicted octanol–water partition coefficient (Wildman–Crippen LogP) is -0.244. The molecule has 0 atom stereocenters. The molecular formula is Cr2NO3+3. The minimum absolute atomic E-state index is 0. The van der Waals surface area contributed by atoms with E-state index >= 15 is 0 Å². The van der Waals surface area contributed by atoms with E-state index in [1.807, 2.05) is 0 Å². The molecule has 0 fully saturated rings. The van der Waals surface area contributed by atoms with Gasteiger partial charge in [-0.25, -0.2) is 0 Å². The first-order chi connectivity index (χ1) is 1.73. The van der Waals surface area contributed by atoms with Gasteiger partial charge in [-0.05, 0) is 0 Å². The van der Waals surface area contributed by atoms with Crippen LogP contribution in [0.3, 0.4) is 0 Å². The van der Waals surface area contributed by atoms with E-state index in [0.717, 1.165) is 0 Å². The topological polar surface area (TPSA) is 66.2 Å². The molecule has 4 nitrogen and oxygen atoms in total. The van der Waals surface area contributed by atoms with Crippen molar-refractivity contribution in [2.24, 2.45) is 0 Å². The van der Waals surface area contributed by atoms with Gasteiger partial charge in [0.05, 0.1) is 5.09 Å². The molecule has 0 unspecified atom stereocenters. The molecule has 0 aromatic heterocycles. The molecule has 0 rings (SSSR count). The molecular weight excluding hydrogens is 166 g/mol. The average Bonchev–Trinajstić information content (AvgIpc) is 0.811. The fourth-order valence-electron chi connectivity index (χ4n) is 0. The van der Waals surface area contributed by atoms with Crippen LogP contribution in [0.15, 0.2) is 0 Å². The van der Waals surface area contributed by atoms with Crippen molar-refractivity contribution in [3.8, 4) is 0 Å². The second-order valence-corrected chi connectivity index (χ2v) is 0.224. The Labute approximate surface area is 55.5 Å². The van der Waals surface area contributed by atoms with E-state index in [9.17, 15) is 0 Å². The van der Waals surface area contributed by atoms with Gasteiger partial charge in [0.25, 0.3) is 0 Å². The molecule has 32 valence electrons. The summed E-state index contributed by atoms with van der Waals surface area (Å²) in [5.41, 5.74) is 0. The first-order valence-electron chi connectivity index (χ1n) is 0.548. The maximum atomic E-state index is 8.25. The summed E-state index contributed by atoms with van der Waals surface area (Å²) >= 11 is 0. The summed E-state index contributed by atoms with van der Waals surface area (Å²) in [4.78, 5) is 8.25. The Balaban J connectivity index is -0.0000000450. The summed E-state index contributed by atoms with van der Waals surface area (Å²) in [6.45, 7) is 0. The normalized spacial score (nSPS) is 4.00.